The number of nitrogens with zero attached hydrogens (tertiary/aromatic N) is 1. The summed E-state index contributed by atoms with van der Waals surface area (Å²) in [6.07, 6.45) is 0.437. The van der Waals surface area contributed by atoms with Crippen LogP contribution in [-0.4, -0.2) is 55.0 Å². The number of carbonyl (C=O) groups excluding carboxylic acids is 3. The molecule has 3 rings (SSSR count). The Balaban J connectivity index is 2.19. The molecule has 0 spiro atoms. The minimum absolute atomic E-state index is 0.0615. The Morgan fingerprint density at radius 2 is 1.91 bits per heavy atom. The minimum Gasteiger partial charge on any atom is -0.507 e. The number of halogens is 1. The summed E-state index contributed by atoms with van der Waals surface area (Å²) in [5, 5.41) is 11.1. The van der Waals surface area contributed by atoms with Crippen molar-refractivity contribution in [1.82, 2.24) is 4.90 Å². The molecular weight excluding hydrogens is 433 g/mol. The fourth-order valence-electron chi connectivity index (χ4n) is 3.76. The second kappa shape index (κ2) is 10.3. The number of ketones is 1. The molecule has 1 amide bonds. The van der Waals surface area contributed by atoms with Gasteiger partial charge >= 0.3 is 5.97 Å². The van der Waals surface area contributed by atoms with E-state index in [0.29, 0.717) is 18.6 Å². The van der Waals surface area contributed by atoms with Gasteiger partial charge in [0, 0.05) is 27.2 Å². The molecule has 1 fully saturated rings. The van der Waals surface area contributed by atoms with E-state index in [1.165, 1.54) is 38.2 Å². The largest absolute Gasteiger partial charge is 0.507 e. The summed E-state index contributed by atoms with van der Waals surface area (Å²) in [6.45, 7) is 1.76. The lowest BCUT2D eigenvalue weighted by atomic mass is 9.94. The number of esters is 1. The van der Waals surface area contributed by atoms with Crippen molar-refractivity contribution in [3.63, 3.8) is 0 Å². The Morgan fingerprint density at radius 3 is 2.58 bits per heavy atom. The first-order chi connectivity index (χ1) is 15.8. The van der Waals surface area contributed by atoms with Crippen molar-refractivity contribution in [3.05, 3.63) is 65.0 Å². The van der Waals surface area contributed by atoms with Gasteiger partial charge in [0.2, 0.25) is 0 Å². The van der Waals surface area contributed by atoms with Gasteiger partial charge in [-0.05, 0) is 42.3 Å². The third-order valence-electron chi connectivity index (χ3n) is 5.14. The van der Waals surface area contributed by atoms with E-state index in [1.54, 1.807) is 18.2 Å². The molecule has 1 N–H and O–H groups in total. The number of ether oxygens (including phenoxy) is 3. The Kier molecular flexibility index (Phi) is 7.44. The van der Waals surface area contributed by atoms with Crippen LogP contribution in [0.4, 0.5) is 4.39 Å². The highest BCUT2D eigenvalue weighted by molar-refractivity contribution is 6.46. The van der Waals surface area contributed by atoms with Crippen molar-refractivity contribution in [2.45, 2.75) is 19.4 Å². The van der Waals surface area contributed by atoms with Crippen LogP contribution in [0, 0.1) is 5.82 Å². The second-order valence-corrected chi connectivity index (χ2v) is 7.35. The molecule has 2 aromatic carbocycles. The second-order valence-electron chi connectivity index (χ2n) is 7.35. The SMILES string of the molecule is COCCCN1C(=O)C(=O)/C(=C(/O)c2cc(F)ccc2OC)C1c1cccc(OC(C)=O)c1. The Bertz CT molecular complexity index is 1110. The molecule has 9 heteroatoms. The van der Waals surface area contributed by atoms with Gasteiger partial charge in [-0.3, -0.25) is 14.4 Å². The number of rotatable bonds is 8. The van der Waals surface area contributed by atoms with Crippen LogP contribution in [-0.2, 0) is 19.1 Å². The molecular formula is C24H24FNO7. The van der Waals surface area contributed by atoms with Crippen LogP contribution in [0.2, 0.25) is 0 Å². The van der Waals surface area contributed by atoms with Crippen LogP contribution < -0.4 is 9.47 Å². The zero-order valence-corrected chi connectivity index (χ0v) is 18.5. The first kappa shape index (κ1) is 23.9. The molecule has 0 bridgehead atoms. The number of aliphatic hydroxyl groups is 1. The number of aliphatic hydroxyl groups excluding tert-OH is 1. The normalized spacial score (nSPS) is 17.3. The number of Topliss-reactive ketones (excluding diaryl/α,β-unsaturated/α-hetero) is 1. The molecule has 2 aromatic rings. The van der Waals surface area contributed by atoms with E-state index in [1.807, 2.05) is 0 Å². The van der Waals surface area contributed by atoms with E-state index < -0.39 is 35.3 Å². The maximum absolute atomic E-state index is 14.0. The summed E-state index contributed by atoms with van der Waals surface area (Å²) >= 11 is 0. The van der Waals surface area contributed by atoms with E-state index in [4.69, 9.17) is 14.2 Å². The minimum atomic E-state index is -0.995. The maximum atomic E-state index is 14.0. The molecule has 1 aliphatic heterocycles. The Labute approximate surface area is 190 Å². The molecule has 1 unspecified atom stereocenters. The molecule has 0 aliphatic carbocycles. The average Bonchev–Trinajstić information content (AvgIpc) is 3.03. The zero-order chi connectivity index (χ0) is 24.1. The molecule has 0 radical (unpaired) electrons. The van der Waals surface area contributed by atoms with Crippen molar-refractivity contribution in [1.29, 1.82) is 0 Å². The van der Waals surface area contributed by atoms with E-state index in [0.717, 1.165) is 12.1 Å². The van der Waals surface area contributed by atoms with Crippen LogP contribution in [0.15, 0.2) is 48.0 Å². The lowest BCUT2D eigenvalue weighted by Crippen LogP contribution is -2.31. The summed E-state index contributed by atoms with van der Waals surface area (Å²) in [4.78, 5) is 38.7. The predicted molar refractivity (Wildman–Crippen MR) is 116 cm³/mol. The zero-order valence-electron chi connectivity index (χ0n) is 18.5. The van der Waals surface area contributed by atoms with Gasteiger partial charge in [-0.15, -0.1) is 0 Å². The fourth-order valence-corrected chi connectivity index (χ4v) is 3.76. The van der Waals surface area contributed by atoms with Crippen LogP contribution in [0.25, 0.3) is 5.76 Å². The maximum Gasteiger partial charge on any atom is 0.308 e. The van der Waals surface area contributed by atoms with Crippen molar-refractivity contribution in [3.8, 4) is 11.5 Å². The van der Waals surface area contributed by atoms with Gasteiger partial charge in [0.1, 0.15) is 23.1 Å². The summed E-state index contributed by atoms with van der Waals surface area (Å²) in [7, 11) is 2.86. The number of carbonyl (C=O) groups is 3. The molecule has 174 valence electrons. The molecule has 0 saturated carbocycles. The number of amides is 1. The van der Waals surface area contributed by atoms with Gasteiger partial charge in [-0.2, -0.15) is 0 Å². The van der Waals surface area contributed by atoms with E-state index >= 15 is 0 Å². The molecule has 0 aromatic heterocycles. The molecule has 8 nitrogen and oxygen atoms in total. The van der Waals surface area contributed by atoms with Crippen LogP contribution in [0.1, 0.15) is 30.5 Å². The van der Waals surface area contributed by atoms with E-state index in [2.05, 4.69) is 0 Å². The molecule has 1 heterocycles. The number of hydrogen-bond donors (Lipinski definition) is 1. The first-order valence-corrected chi connectivity index (χ1v) is 10.2. The average molecular weight is 457 g/mol. The third-order valence-corrected chi connectivity index (χ3v) is 5.14. The number of hydrogen-bond acceptors (Lipinski definition) is 7. The summed E-state index contributed by atoms with van der Waals surface area (Å²) in [6, 6.07) is 8.81. The molecule has 1 atom stereocenters. The molecule has 1 saturated heterocycles. The highest BCUT2D eigenvalue weighted by Crippen LogP contribution is 2.41. The lowest BCUT2D eigenvalue weighted by molar-refractivity contribution is -0.140. The third kappa shape index (κ3) is 5.04. The lowest BCUT2D eigenvalue weighted by Gasteiger charge is -2.25. The van der Waals surface area contributed by atoms with Crippen molar-refractivity contribution >= 4 is 23.4 Å². The van der Waals surface area contributed by atoms with Crippen molar-refractivity contribution in [2.75, 3.05) is 27.4 Å². The standard InChI is InChI=1S/C24H24FNO7/c1-14(27)33-17-7-4-6-15(12-17)21-20(23(29)24(30)26(21)10-5-11-31-2)22(28)18-13-16(25)8-9-19(18)32-3/h4,6-9,12-13,21,28H,5,10-11H2,1-3H3/b22-20+. The molecule has 33 heavy (non-hydrogen) atoms. The van der Waals surface area contributed by atoms with E-state index in [-0.39, 0.29) is 29.2 Å². The van der Waals surface area contributed by atoms with Gasteiger partial charge in [-0.1, -0.05) is 12.1 Å². The van der Waals surface area contributed by atoms with Gasteiger partial charge in [0.05, 0.1) is 24.3 Å². The van der Waals surface area contributed by atoms with Gasteiger partial charge in [0.25, 0.3) is 11.7 Å². The molecule has 1 aliphatic rings. The summed E-state index contributed by atoms with van der Waals surface area (Å²) < 4.78 is 29.4. The Morgan fingerprint density at radius 1 is 1.15 bits per heavy atom. The van der Waals surface area contributed by atoms with Crippen molar-refractivity contribution < 1.29 is 38.1 Å². The van der Waals surface area contributed by atoms with Crippen molar-refractivity contribution in [2.24, 2.45) is 0 Å². The summed E-state index contributed by atoms with van der Waals surface area (Å²) in [5.74, 6) is -3.14. The summed E-state index contributed by atoms with van der Waals surface area (Å²) in [5.41, 5.74) is 0.150. The van der Waals surface area contributed by atoms with Gasteiger partial charge in [-0.25, -0.2) is 4.39 Å². The number of methoxy groups -OCH3 is 2. The first-order valence-electron chi connectivity index (χ1n) is 10.2. The quantitative estimate of drug-likeness (QED) is 0.162. The number of likely N-dealkylation sites (tertiary alicyclic amines) is 1. The number of benzene rings is 2. The van der Waals surface area contributed by atoms with Gasteiger partial charge < -0.3 is 24.2 Å². The fraction of sp³-hybridized carbons (Fsp3) is 0.292. The monoisotopic (exact) mass is 457 g/mol. The van der Waals surface area contributed by atoms with E-state index in [9.17, 15) is 23.9 Å². The van der Waals surface area contributed by atoms with Gasteiger partial charge in [0.15, 0.2) is 0 Å². The van der Waals surface area contributed by atoms with Crippen LogP contribution >= 0.6 is 0 Å². The van der Waals surface area contributed by atoms with Crippen LogP contribution in [0.5, 0.6) is 11.5 Å². The topological polar surface area (TPSA) is 102 Å². The Hall–Kier alpha value is -3.72. The highest BCUT2D eigenvalue weighted by Gasteiger charge is 2.46. The smallest absolute Gasteiger partial charge is 0.308 e. The highest BCUT2D eigenvalue weighted by atomic mass is 19.1. The predicted octanol–water partition coefficient (Wildman–Crippen LogP) is 3.22. The van der Waals surface area contributed by atoms with Crippen LogP contribution in [0.3, 0.4) is 0 Å².